The van der Waals surface area contributed by atoms with Crippen molar-refractivity contribution in [2.75, 3.05) is 12.0 Å². The Hall–Kier alpha value is -0.845. The summed E-state index contributed by atoms with van der Waals surface area (Å²) in [5.74, 6) is 0.376. The van der Waals surface area contributed by atoms with Crippen molar-refractivity contribution in [1.82, 2.24) is 0 Å². The van der Waals surface area contributed by atoms with E-state index in [4.69, 9.17) is 14.1 Å². The lowest BCUT2D eigenvalue weighted by molar-refractivity contribution is -0.0118. The van der Waals surface area contributed by atoms with Gasteiger partial charge in [-0.2, -0.15) is 0 Å². The molecule has 2 rings (SSSR count). The molecule has 1 saturated heterocycles. The number of hydrogen-bond donors (Lipinski definition) is 1. The standard InChI is InChI=1S/C16H26BNO3S/c1-6-16(4)15(2,3)20-17(21-16)14-9-7-8-13(12-14)10-11-22(5,18)19/h7-9,12,18H,6,10-11H2,1-5H3. The predicted octanol–water partition coefficient (Wildman–Crippen LogP) is 2.59. The predicted molar refractivity (Wildman–Crippen MR) is 92.1 cm³/mol. The van der Waals surface area contributed by atoms with Gasteiger partial charge in [0.2, 0.25) is 0 Å². The summed E-state index contributed by atoms with van der Waals surface area (Å²) in [6.45, 7) is 8.32. The summed E-state index contributed by atoms with van der Waals surface area (Å²) < 4.78 is 31.3. The Morgan fingerprint density at radius 3 is 2.50 bits per heavy atom. The molecule has 1 aromatic rings. The van der Waals surface area contributed by atoms with E-state index < -0.39 is 9.73 Å². The van der Waals surface area contributed by atoms with Crippen molar-refractivity contribution in [2.24, 2.45) is 0 Å². The molecule has 2 unspecified atom stereocenters. The minimum atomic E-state index is -2.46. The van der Waals surface area contributed by atoms with E-state index >= 15 is 0 Å². The van der Waals surface area contributed by atoms with Crippen LogP contribution in [0, 0.1) is 4.78 Å². The summed E-state index contributed by atoms with van der Waals surface area (Å²) in [6, 6.07) is 7.99. The van der Waals surface area contributed by atoms with Gasteiger partial charge in [-0.3, -0.25) is 8.99 Å². The van der Waals surface area contributed by atoms with Crippen LogP contribution in [0.1, 0.15) is 39.7 Å². The fraction of sp³-hybridized carbons (Fsp3) is 0.625. The molecule has 1 aliphatic heterocycles. The fourth-order valence-electron chi connectivity index (χ4n) is 2.65. The smallest absolute Gasteiger partial charge is 0.399 e. The second-order valence-corrected chi connectivity index (χ2v) is 9.28. The molecular weight excluding hydrogens is 297 g/mol. The maximum absolute atomic E-state index is 11.5. The Bertz CT molecular complexity index is 645. The highest BCUT2D eigenvalue weighted by atomic mass is 32.2. The third-order valence-electron chi connectivity index (χ3n) is 4.72. The molecule has 1 heterocycles. The quantitative estimate of drug-likeness (QED) is 0.847. The van der Waals surface area contributed by atoms with Gasteiger partial charge in [-0.25, -0.2) is 0 Å². The van der Waals surface area contributed by atoms with Crippen LogP contribution in [0.15, 0.2) is 24.3 Å². The van der Waals surface area contributed by atoms with Gasteiger partial charge in [0.05, 0.1) is 11.2 Å². The van der Waals surface area contributed by atoms with Crippen LogP contribution in [0.5, 0.6) is 0 Å². The Morgan fingerprint density at radius 1 is 1.27 bits per heavy atom. The van der Waals surface area contributed by atoms with Gasteiger partial charge in [-0.15, -0.1) is 0 Å². The zero-order valence-corrected chi connectivity index (χ0v) is 15.0. The van der Waals surface area contributed by atoms with Gasteiger partial charge in [0.15, 0.2) is 0 Å². The maximum atomic E-state index is 11.5. The number of hydrogen-bond acceptors (Lipinski definition) is 4. The molecule has 1 N–H and O–H groups in total. The maximum Gasteiger partial charge on any atom is 0.494 e. The zero-order chi connectivity index (χ0) is 16.6. The number of rotatable bonds is 5. The van der Waals surface area contributed by atoms with E-state index in [9.17, 15) is 4.21 Å². The van der Waals surface area contributed by atoms with Crippen molar-refractivity contribution in [1.29, 1.82) is 4.78 Å². The molecule has 6 heteroatoms. The Labute approximate surface area is 134 Å². The van der Waals surface area contributed by atoms with Gasteiger partial charge < -0.3 is 9.31 Å². The first-order valence-corrected chi connectivity index (χ1v) is 9.86. The molecule has 0 spiro atoms. The van der Waals surface area contributed by atoms with Crippen LogP contribution in [0.25, 0.3) is 0 Å². The van der Waals surface area contributed by atoms with E-state index in [1.54, 1.807) is 0 Å². The monoisotopic (exact) mass is 323 g/mol. The van der Waals surface area contributed by atoms with Crippen LogP contribution in [-0.2, 0) is 25.5 Å². The Morgan fingerprint density at radius 2 is 1.95 bits per heavy atom. The van der Waals surface area contributed by atoms with E-state index in [2.05, 4.69) is 27.7 Å². The third kappa shape index (κ3) is 3.73. The third-order valence-corrected chi connectivity index (χ3v) is 5.70. The van der Waals surface area contributed by atoms with Crippen LogP contribution in [-0.4, -0.2) is 34.5 Å². The molecule has 0 saturated carbocycles. The average Bonchev–Trinajstić information content (AvgIpc) is 2.67. The van der Waals surface area contributed by atoms with E-state index in [1.165, 1.54) is 6.26 Å². The highest BCUT2D eigenvalue weighted by Gasteiger charge is 2.53. The normalized spacial score (nSPS) is 26.9. The SMILES string of the molecule is CCC1(C)OB(c2cccc(CCS(C)(=N)=O)c2)OC1(C)C. The van der Waals surface area contributed by atoms with Gasteiger partial charge in [0.25, 0.3) is 0 Å². The van der Waals surface area contributed by atoms with Gasteiger partial charge in [0.1, 0.15) is 0 Å². The lowest BCUT2D eigenvalue weighted by Crippen LogP contribution is -2.44. The van der Waals surface area contributed by atoms with Crippen LogP contribution in [0.3, 0.4) is 0 Å². The summed E-state index contributed by atoms with van der Waals surface area (Å²) in [4.78, 5) is 0. The lowest BCUT2D eigenvalue weighted by atomic mass is 9.78. The lowest BCUT2D eigenvalue weighted by Gasteiger charge is -2.35. The average molecular weight is 323 g/mol. The molecule has 0 aliphatic carbocycles. The van der Waals surface area contributed by atoms with Crippen molar-refractivity contribution in [3.05, 3.63) is 29.8 Å². The van der Waals surface area contributed by atoms with Gasteiger partial charge >= 0.3 is 7.12 Å². The van der Waals surface area contributed by atoms with Gasteiger partial charge in [0, 0.05) is 21.7 Å². The first-order valence-electron chi connectivity index (χ1n) is 7.72. The highest BCUT2D eigenvalue weighted by molar-refractivity contribution is 7.91. The van der Waals surface area contributed by atoms with Crippen molar-refractivity contribution < 1.29 is 13.5 Å². The minimum absolute atomic E-state index is 0.313. The summed E-state index contributed by atoms with van der Waals surface area (Å²) in [5.41, 5.74) is 1.39. The molecular formula is C16H26BNO3S. The largest absolute Gasteiger partial charge is 0.494 e. The number of aryl methyl sites for hydroxylation is 1. The second-order valence-electron chi connectivity index (χ2n) is 6.87. The topological polar surface area (TPSA) is 59.4 Å². The molecule has 0 amide bonds. The van der Waals surface area contributed by atoms with Gasteiger partial charge in [-0.1, -0.05) is 31.2 Å². The van der Waals surface area contributed by atoms with E-state index in [-0.39, 0.29) is 18.3 Å². The Kier molecular flexibility index (Phi) is 4.76. The molecule has 0 bridgehead atoms. The first kappa shape index (κ1) is 17.5. The van der Waals surface area contributed by atoms with E-state index in [0.717, 1.165) is 17.4 Å². The first-order chi connectivity index (χ1) is 10.1. The summed E-state index contributed by atoms with van der Waals surface area (Å²) in [6.07, 6.45) is 3.00. The van der Waals surface area contributed by atoms with Crippen LogP contribution in [0.4, 0.5) is 0 Å². The molecule has 1 aromatic carbocycles. The highest BCUT2D eigenvalue weighted by Crippen LogP contribution is 2.39. The number of nitrogens with one attached hydrogen (secondary N) is 1. The molecule has 2 atom stereocenters. The van der Waals surface area contributed by atoms with Gasteiger partial charge in [-0.05, 0) is 44.6 Å². The molecule has 4 nitrogen and oxygen atoms in total. The summed E-state index contributed by atoms with van der Waals surface area (Å²) >= 11 is 0. The fourth-order valence-corrected chi connectivity index (χ4v) is 3.27. The molecule has 1 aliphatic rings. The van der Waals surface area contributed by atoms with E-state index in [1.807, 2.05) is 24.3 Å². The molecule has 122 valence electrons. The van der Waals surface area contributed by atoms with Crippen LogP contribution < -0.4 is 5.46 Å². The molecule has 0 radical (unpaired) electrons. The summed E-state index contributed by atoms with van der Waals surface area (Å²) in [7, 11) is -2.83. The van der Waals surface area contributed by atoms with Crippen molar-refractivity contribution >= 4 is 22.3 Å². The molecule has 22 heavy (non-hydrogen) atoms. The molecule has 0 aromatic heterocycles. The zero-order valence-electron chi connectivity index (χ0n) is 14.1. The second kappa shape index (κ2) is 5.98. The van der Waals surface area contributed by atoms with E-state index in [0.29, 0.717) is 12.2 Å². The summed E-state index contributed by atoms with van der Waals surface area (Å²) in [5, 5.41) is 0. The number of benzene rings is 1. The Balaban J connectivity index is 2.17. The van der Waals surface area contributed by atoms with Crippen molar-refractivity contribution in [3.63, 3.8) is 0 Å². The molecule has 1 fully saturated rings. The van der Waals surface area contributed by atoms with Crippen molar-refractivity contribution in [3.8, 4) is 0 Å². The minimum Gasteiger partial charge on any atom is -0.399 e. The van der Waals surface area contributed by atoms with Crippen LogP contribution in [0.2, 0.25) is 0 Å². The van der Waals surface area contributed by atoms with Crippen LogP contribution >= 0.6 is 0 Å². The van der Waals surface area contributed by atoms with Crippen molar-refractivity contribution in [2.45, 2.75) is 51.7 Å².